The molecule has 4 heteroatoms. The SMILES string of the molecule is COCOC(=O)[C@H](O)Cc1ccccc1. The zero-order valence-corrected chi connectivity index (χ0v) is 8.55. The van der Waals surface area contributed by atoms with Gasteiger partial charge >= 0.3 is 5.97 Å². The van der Waals surface area contributed by atoms with E-state index in [0.29, 0.717) is 0 Å². The Morgan fingerprint density at radius 1 is 1.40 bits per heavy atom. The lowest BCUT2D eigenvalue weighted by molar-refractivity contribution is -0.163. The number of benzene rings is 1. The van der Waals surface area contributed by atoms with Crippen LogP contribution in [-0.2, 0) is 20.7 Å². The average Bonchev–Trinajstić information content (AvgIpc) is 2.27. The van der Waals surface area contributed by atoms with Crippen LogP contribution in [0.4, 0.5) is 0 Å². The van der Waals surface area contributed by atoms with Crippen molar-refractivity contribution in [1.82, 2.24) is 0 Å². The minimum atomic E-state index is -1.14. The molecular formula is C11H14O4. The van der Waals surface area contributed by atoms with Gasteiger partial charge in [-0.25, -0.2) is 4.79 Å². The third-order valence-corrected chi connectivity index (χ3v) is 1.86. The molecule has 0 heterocycles. The summed E-state index contributed by atoms with van der Waals surface area (Å²) in [7, 11) is 1.41. The maximum Gasteiger partial charge on any atom is 0.337 e. The van der Waals surface area contributed by atoms with Gasteiger partial charge in [0.2, 0.25) is 0 Å². The first kappa shape index (κ1) is 11.7. The highest BCUT2D eigenvalue weighted by Gasteiger charge is 2.16. The van der Waals surface area contributed by atoms with Crippen molar-refractivity contribution >= 4 is 5.97 Å². The fourth-order valence-corrected chi connectivity index (χ4v) is 1.13. The molecule has 4 nitrogen and oxygen atoms in total. The van der Waals surface area contributed by atoms with Gasteiger partial charge in [0, 0.05) is 13.5 Å². The number of hydrogen-bond acceptors (Lipinski definition) is 4. The second kappa shape index (κ2) is 6.16. The fraction of sp³-hybridized carbons (Fsp3) is 0.364. The van der Waals surface area contributed by atoms with Crippen LogP contribution in [0.15, 0.2) is 30.3 Å². The van der Waals surface area contributed by atoms with E-state index >= 15 is 0 Å². The minimum absolute atomic E-state index is 0.134. The van der Waals surface area contributed by atoms with Gasteiger partial charge in [0.05, 0.1) is 0 Å². The molecule has 15 heavy (non-hydrogen) atoms. The van der Waals surface area contributed by atoms with Crippen LogP contribution in [0.3, 0.4) is 0 Å². The second-order valence-corrected chi connectivity index (χ2v) is 3.08. The number of rotatable bonds is 5. The Hall–Kier alpha value is -1.39. The molecule has 0 fully saturated rings. The number of aliphatic hydroxyl groups is 1. The van der Waals surface area contributed by atoms with E-state index in [1.54, 1.807) is 0 Å². The lowest BCUT2D eigenvalue weighted by atomic mass is 10.1. The molecule has 0 aromatic heterocycles. The summed E-state index contributed by atoms with van der Waals surface area (Å²) in [5.41, 5.74) is 0.888. The third kappa shape index (κ3) is 4.10. The average molecular weight is 210 g/mol. The number of carbonyl (C=O) groups excluding carboxylic acids is 1. The molecule has 1 N–H and O–H groups in total. The molecule has 82 valence electrons. The summed E-state index contributed by atoms with van der Waals surface area (Å²) < 4.78 is 9.17. The fourth-order valence-electron chi connectivity index (χ4n) is 1.13. The van der Waals surface area contributed by atoms with Gasteiger partial charge in [0.1, 0.15) is 0 Å². The summed E-state index contributed by atoms with van der Waals surface area (Å²) in [6.45, 7) is -0.134. The zero-order valence-electron chi connectivity index (χ0n) is 8.55. The topological polar surface area (TPSA) is 55.8 Å². The first-order valence-corrected chi connectivity index (χ1v) is 4.61. The van der Waals surface area contributed by atoms with Crippen molar-refractivity contribution in [2.75, 3.05) is 13.9 Å². The summed E-state index contributed by atoms with van der Waals surface area (Å²) in [6, 6.07) is 9.25. The summed E-state index contributed by atoms with van der Waals surface area (Å²) in [4.78, 5) is 11.2. The summed E-state index contributed by atoms with van der Waals surface area (Å²) in [5.74, 6) is -0.666. The van der Waals surface area contributed by atoms with Gasteiger partial charge < -0.3 is 14.6 Å². The van der Waals surface area contributed by atoms with Crippen LogP contribution in [0.5, 0.6) is 0 Å². The van der Waals surface area contributed by atoms with Crippen LogP contribution < -0.4 is 0 Å². The van der Waals surface area contributed by atoms with E-state index in [1.807, 2.05) is 30.3 Å². The van der Waals surface area contributed by atoms with E-state index in [1.165, 1.54) is 7.11 Å². The van der Waals surface area contributed by atoms with Gasteiger partial charge in [-0.3, -0.25) is 0 Å². The summed E-state index contributed by atoms with van der Waals surface area (Å²) in [5, 5.41) is 9.47. The Bertz CT molecular complexity index is 297. The van der Waals surface area contributed by atoms with E-state index < -0.39 is 12.1 Å². The lowest BCUT2D eigenvalue weighted by Gasteiger charge is -2.09. The quantitative estimate of drug-likeness (QED) is 0.575. The number of esters is 1. The molecule has 0 spiro atoms. The monoisotopic (exact) mass is 210 g/mol. The van der Waals surface area contributed by atoms with E-state index in [2.05, 4.69) is 9.47 Å². The number of carbonyl (C=O) groups is 1. The van der Waals surface area contributed by atoms with Crippen LogP contribution in [0, 0.1) is 0 Å². The summed E-state index contributed by atoms with van der Waals surface area (Å²) >= 11 is 0. The van der Waals surface area contributed by atoms with Crippen molar-refractivity contribution in [3.05, 3.63) is 35.9 Å². The molecule has 0 aliphatic carbocycles. The molecular weight excluding hydrogens is 196 g/mol. The largest absolute Gasteiger partial charge is 0.437 e. The van der Waals surface area contributed by atoms with E-state index in [9.17, 15) is 9.90 Å². The number of hydrogen-bond donors (Lipinski definition) is 1. The molecule has 1 atom stereocenters. The smallest absolute Gasteiger partial charge is 0.337 e. The molecule has 1 aromatic rings. The van der Waals surface area contributed by atoms with E-state index in [0.717, 1.165) is 5.56 Å². The van der Waals surface area contributed by atoms with Crippen LogP contribution >= 0.6 is 0 Å². The van der Waals surface area contributed by atoms with E-state index in [-0.39, 0.29) is 13.2 Å². The van der Waals surface area contributed by atoms with Gasteiger partial charge in [0.15, 0.2) is 12.9 Å². The Balaban J connectivity index is 2.41. The lowest BCUT2D eigenvalue weighted by Crippen LogP contribution is -2.26. The standard InChI is InChI=1S/C11H14O4/c1-14-8-15-11(13)10(12)7-9-5-3-2-4-6-9/h2-6,10,12H,7-8H2,1H3/t10-/m1/s1. The molecule has 0 bridgehead atoms. The second-order valence-electron chi connectivity index (χ2n) is 3.08. The van der Waals surface area contributed by atoms with Crippen molar-refractivity contribution in [2.45, 2.75) is 12.5 Å². The minimum Gasteiger partial charge on any atom is -0.437 e. The highest BCUT2D eigenvalue weighted by Crippen LogP contribution is 2.04. The summed E-state index contributed by atoms with van der Waals surface area (Å²) in [6.07, 6.45) is -0.883. The molecule has 0 aliphatic rings. The van der Waals surface area contributed by atoms with Crippen molar-refractivity contribution in [1.29, 1.82) is 0 Å². The van der Waals surface area contributed by atoms with Crippen LogP contribution in [0.1, 0.15) is 5.56 Å². The normalized spacial score (nSPS) is 12.1. The maximum absolute atomic E-state index is 11.2. The third-order valence-electron chi connectivity index (χ3n) is 1.86. The van der Waals surface area contributed by atoms with Crippen molar-refractivity contribution in [3.8, 4) is 0 Å². The molecule has 0 saturated heterocycles. The molecule has 0 unspecified atom stereocenters. The molecule has 0 aliphatic heterocycles. The first-order valence-electron chi connectivity index (χ1n) is 4.61. The van der Waals surface area contributed by atoms with Crippen LogP contribution in [0.2, 0.25) is 0 Å². The van der Waals surface area contributed by atoms with Crippen LogP contribution in [0.25, 0.3) is 0 Å². The number of methoxy groups -OCH3 is 1. The van der Waals surface area contributed by atoms with E-state index in [4.69, 9.17) is 0 Å². The van der Waals surface area contributed by atoms with Gasteiger partial charge in [-0.15, -0.1) is 0 Å². The van der Waals surface area contributed by atoms with Gasteiger partial charge in [0.25, 0.3) is 0 Å². The first-order chi connectivity index (χ1) is 7.24. The zero-order chi connectivity index (χ0) is 11.1. The Morgan fingerprint density at radius 2 is 2.07 bits per heavy atom. The predicted molar refractivity (Wildman–Crippen MR) is 54.1 cm³/mol. The molecule has 0 saturated carbocycles. The number of aliphatic hydroxyl groups excluding tert-OH is 1. The molecule has 1 rings (SSSR count). The number of ether oxygens (including phenoxy) is 2. The molecule has 0 radical (unpaired) electrons. The highest BCUT2D eigenvalue weighted by molar-refractivity contribution is 5.74. The van der Waals surface area contributed by atoms with Gasteiger partial charge in [-0.2, -0.15) is 0 Å². The van der Waals surface area contributed by atoms with Crippen molar-refractivity contribution in [2.24, 2.45) is 0 Å². The molecule has 1 aromatic carbocycles. The Kier molecular flexibility index (Phi) is 4.80. The van der Waals surface area contributed by atoms with Gasteiger partial charge in [-0.05, 0) is 5.56 Å². The van der Waals surface area contributed by atoms with Gasteiger partial charge in [-0.1, -0.05) is 30.3 Å². The van der Waals surface area contributed by atoms with Crippen LogP contribution in [-0.4, -0.2) is 31.1 Å². The predicted octanol–water partition coefficient (Wildman–Crippen LogP) is 0.737. The highest BCUT2D eigenvalue weighted by atomic mass is 16.7. The Labute approximate surface area is 88.4 Å². The molecule has 0 amide bonds. The van der Waals surface area contributed by atoms with Crippen molar-refractivity contribution < 1.29 is 19.4 Å². The van der Waals surface area contributed by atoms with Crippen molar-refractivity contribution in [3.63, 3.8) is 0 Å². The maximum atomic E-state index is 11.2. The Morgan fingerprint density at radius 3 is 2.67 bits per heavy atom.